The molecule has 1 aromatic rings. The quantitative estimate of drug-likeness (QED) is 0.747. The van der Waals surface area contributed by atoms with Gasteiger partial charge in [-0.3, -0.25) is 0 Å². The van der Waals surface area contributed by atoms with Crippen molar-refractivity contribution in [3.63, 3.8) is 0 Å². The fraction of sp³-hybridized carbons (Fsp3) is 0.364. The van der Waals surface area contributed by atoms with Gasteiger partial charge in [0, 0.05) is 5.56 Å². The zero-order chi connectivity index (χ0) is 12.3. The van der Waals surface area contributed by atoms with Crippen LogP contribution in [0.4, 0.5) is 4.39 Å². The van der Waals surface area contributed by atoms with Crippen LogP contribution in [0.3, 0.4) is 0 Å². The fourth-order valence-corrected chi connectivity index (χ4v) is 1.31. The maximum Gasteiger partial charge on any atom is 0.337 e. The van der Waals surface area contributed by atoms with Gasteiger partial charge in [0.1, 0.15) is 11.9 Å². The normalized spacial score (nSPS) is 14.3. The van der Waals surface area contributed by atoms with E-state index in [0.29, 0.717) is 5.56 Å². The Bertz CT molecular complexity index is 392. The molecule has 2 atom stereocenters. The van der Waals surface area contributed by atoms with Gasteiger partial charge in [0.05, 0.1) is 7.11 Å². The molecule has 0 radical (unpaired) electrons. The Kier molecular flexibility index (Phi) is 3.98. The highest BCUT2D eigenvalue weighted by atomic mass is 19.1. The van der Waals surface area contributed by atoms with E-state index in [0.717, 1.165) is 13.2 Å². The number of benzene rings is 1. The van der Waals surface area contributed by atoms with Gasteiger partial charge in [-0.15, -0.1) is 0 Å². The minimum absolute atomic E-state index is 0.127. The van der Waals surface area contributed by atoms with E-state index >= 15 is 0 Å². The molecule has 0 aromatic heterocycles. The average molecular weight is 228 g/mol. The summed E-state index contributed by atoms with van der Waals surface area (Å²) in [6.45, 7) is 1.71. The van der Waals surface area contributed by atoms with Crippen LogP contribution in [0.5, 0.6) is 0 Å². The molecule has 0 fully saturated rings. The molecule has 4 nitrogen and oxygen atoms in total. The first kappa shape index (κ1) is 12.6. The lowest BCUT2D eigenvalue weighted by atomic mass is 10.0. The molecule has 0 heterocycles. The second-order valence-corrected chi connectivity index (χ2v) is 3.44. The summed E-state index contributed by atoms with van der Waals surface area (Å²) in [6, 6.07) is 4.06. The number of esters is 1. The number of rotatable bonds is 3. The van der Waals surface area contributed by atoms with Crippen LogP contribution < -0.4 is 0 Å². The van der Waals surface area contributed by atoms with Crippen molar-refractivity contribution < 1.29 is 24.1 Å². The fourth-order valence-electron chi connectivity index (χ4n) is 1.31. The summed E-state index contributed by atoms with van der Waals surface area (Å²) >= 11 is 0. The van der Waals surface area contributed by atoms with Crippen LogP contribution in [0, 0.1) is 12.7 Å². The van der Waals surface area contributed by atoms with Crippen LogP contribution in [0.2, 0.25) is 0 Å². The van der Waals surface area contributed by atoms with Gasteiger partial charge in [0.2, 0.25) is 0 Å². The minimum atomic E-state index is -1.79. The summed E-state index contributed by atoms with van der Waals surface area (Å²) in [4.78, 5) is 11.0. The van der Waals surface area contributed by atoms with Gasteiger partial charge in [-0.1, -0.05) is 17.7 Å². The van der Waals surface area contributed by atoms with E-state index in [1.807, 2.05) is 0 Å². The predicted molar refractivity (Wildman–Crippen MR) is 54.1 cm³/mol. The number of ether oxygens (including phenoxy) is 1. The zero-order valence-corrected chi connectivity index (χ0v) is 8.98. The standard InChI is InChI=1S/C11H13FO4/c1-6-3-4-8(12)7(5-6)9(13)10(14)11(15)16-2/h3-5,9-10,13-14H,1-2H3. The van der Waals surface area contributed by atoms with Gasteiger partial charge in [0.15, 0.2) is 6.10 Å². The largest absolute Gasteiger partial charge is 0.467 e. The number of methoxy groups -OCH3 is 1. The van der Waals surface area contributed by atoms with Gasteiger partial charge in [0.25, 0.3) is 0 Å². The lowest BCUT2D eigenvalue weighted by molar-refractivity contribution is -0.156. The van der Waals surface area contributed by atoms with Crippen molar-refractivity contribution in [1.82, 2.24) is 0 Å². The molecule has 0 aliphatic heterocycles. The molecule has 0 saturated heterocycles. The van der Waals surface area contributed by atoms with Crippen LogP contribution in [0.15, 0.2) is 18.2 Å². The number of hydrogen-bond acceptors (Lipinski definition) is 4. The van der Waals surface area contributed by atoms with Crippen LogP contribution in [-0.2, 0) is 9.53 Å². The zero-order valence-electron chi connectivity index (χ0n) is 8.98. The molecule has 0 saturated carbocycles. The lowest BCUT2D eigenvalue weighted by Crippen LogP contribution is -2.29. The number of hydrogen-bond donors (Lipinski definition) is 2. The Labute approximate surface area is 92.3 Å². The van der Waals surface area contributed by atoms with Gasteiger partial charge in [-0.25, -0.2) is 9.18 Å². The van der Waals surface area contributed by atoms with Crippen molar-refractivity contribution in [3.05, 3.63) is 35.1 Å². The van der Waals surface area contributed by atoms with E-state index in [9.17, 15) is 19.4 Å². The van der Waals surface area contributed by atoms with Crippen molar-refractivity contribution in [2.75, 3.05) is 7.11 Å². The number of aryl methyl sites for hydroxylation is 1. The Hall–Kier alpha value is -1.46. The van der Waals surface area contributed by atoms with E-state index < -0.39 is 24.0 Å². The first-order chi connectivity index (χ1) is 7.47. The minimum Gasteiger partial charge on any atom is -0.467 e. The van der Waals surface area contributed by atoms with Gasteiger partial charge >= 0.3 is 5.97 Å². The van der Waals surface area contributed by atoms with Crippen LogP contribution in [-0.4, -0.2) is 29.4 Å². The molecular formula is C11H13FO4. The first-order valence-electron chi connectivity index (χ1n) is 4.67. The maximum atomic E-state index is 13.3. The van der Waals surface area contributed by atoms with Crippen molar-refractivity contribution in [2.24, 2.45) is 0 Å². The van der Waals surface area contributed by atoms with Crippen LogP contribution >= 0.6 is 0 Å². The predicted octanol–water partition coefficient (Wildman–Crippen LogP) is 0.701. The number of carbonyl (C=O) groups is 1. The van der Waals surface area contributed by atoms with E-state index in [1.165, 1.54) is 12.1 Å². The van der Waals surface area contributed by atoms with Crippen LogP contribution in [0.1, 0.15) is 17.2 Å². The molecule has 0 aliphatic rings. The van der Waals surface area contributed by atoms with Crippen molar-refractivity contribution in [1.29, 1.82) is 0 Å². The molecule has 0 spiro atoms. The molecule has 1 rings (SSSR count). The molecule has 1 aromatic carbocycles. The maximum absolute atomic E-state index is 13.3. The van der Waals surface area contributed by atoms with E-state index in [-0.39, 0.29) is 5.56 Å². The Morgan fingerprint density at radius 3 is 2.62 bits per heavy atom. The summed E-state index contributed by atoms with van der Waals surface area (Å²) in [7, 11) is 1.07. The highest BCUT2D eigenvalue weighted by Crippen LogP contribution is 2.22. The van der Waals surface area contributed by atoms with Gasteiger partial charge < -0.3 is 14.9 Å². The molecule has 2 N–H and O–H groups in total. The van der Waals surface area contributed by atoms with E-state index in [2.05, 4.69) is 4.74 Å². The molecule has 0 bridgehead atoms. The first-order valence-corrected chi connectivity index (χ1v) is 4.67. The lowest BCUT2D eigenvalue weighted by Gasteiger charge is -2.16. The summed E-state index contributed by atoms with van der Waals surface area (Å²) in [5, 5.41) is 19.0. The topological polar surface area (TPSA) is 66.8 Å². The second kappa shape index (κ2) is 5.05. The number of aliphatic hydroxyl groups excluding tert-OH is 2. The third-order valence-corrected chi connectivity index (χ3v) is 2.21. The smallest absolute Gasteiger partial charge is 0.337 e. The molecule has 16 heavy (non-hydrogen) atoms. The second-order valence-electron chi connectivity index (χ2n) is 3.44. The van der Waals surface area contributed by atoms with E-state index in [4.69, 9.17) is 0 Å². The van der Waals surface area contributed by atoms with Crippen molar-refractivity contribution >= 4 is 5.97 Å². The third-order valence-electron chi connectivity index (χ3n) is 2.21. The Morgan fingerprint density at radius 2 is 2.06 bits per heavy atom. The average Bonchev–Trinajstić information content (AvgIpc) is 2.29. The summed E-state index contributed by atoms with van der Waals surface area (Å²) in [6.07, 6.45) is -3.42. The monoisotopic (exact) mass is 228 g/mol. The summed E-state index contributed by atoms with van der Waals surface area (Å²) in [5.41, 5.74) is 0.588. The number of carbonyl (C=O) groups excluding carboxylic acids is 1. The SMILES string of the molecule is COC(=O)C(O)C(O)c1cc(C)ccc1F. The van der Waals surface area contributed by atoms with Gasteiger partial charge in [-0.05, 0) is 13.0 Å². The van der Waals surface area contributed by atoms with Crippen molar-refractivity contribution in [3.8, 4) is 0 Å². The Balaban J connectivity index is 2.99. The molecular weight excluding hydrogens is 215 g/mol. The summed E-state index contributed by atoms with van der Waals surface area (Å²) in [5.74, 6) is -1.69. The van der Waals surface area contributed by atoms with Gasteiger partial charge in [-0.2, -0.15) is 0 Å². The molecule has 88 valence electrons. The molecule has 5 heteroatoms. The molecule has 0 amide bonds. The number of halogens is 1. The van der Waals surface area contributed by atoms with Crippen molar-refractivity contribution in [2.45, 2.75) is 19.1 Å². The van der Waals surface area contributed by atoms with Crippen LogP contribution in [0.25, 0.3) is 0 Å². The molecule has 2 unspecified atom stereocenters. The highest BCUT2D eigenvalue weighted by molar-refractivity contribution is 5.75. The van der Waals surface area contributed by atoms with E-state index in [1.54, 1.807) is 6.92 Å². The summed E-state index contributed by atoms with van der Waals surface area (Å²) < 4.78 is 17.6. The highest BCUT2D eigenvalue weighted by Gasteiger charge is 2.28. The third kappa shape index (κ3) is 2.56. The number of aliphatic hydroxyl groups is 2. The Morgan fingerprint density at radius 1 is 1.44 bits per heavy atom. The molecule has 0 aliphatic carbocycles.